The van der Waals surface area contributed by atoms with Gasteiger partial charge in [-0.05, 0) is 52.4 Å². The molecule has 0 radical (unpaired) electrons. The molecule has 1 aliphatic carbocycles. The first-order chi connectivity index (χ1) is 8.20. The van der Waals surface area contributed by atoms with Crippen molar-refractivity contribution in [2.75, 3.05) is 13.2 Å². The molecular formula is C14H19BrO2. The van der Waals surface area contributed by atoms with Crippen LogP contribution in [0.25, 0.3) is 0 Å². The van der Waals surface area contributed by atoms with Gasteiger partial charge in [0.1, 0.15) is 5.75 Å². The molecule has 0 bridgehead atoms. The quantitative estimate of drug-likeness (QED) is 0.898. The minimum absolute atomic E-state index is 0.173. The Kier molecular flexibility index (Phi) is 4.46. The largest absolute Gasteiger partial charge is 0.492 e. The van der Waals surface area contributed by atoms with Crippen molar-refractivity contribution >= 4 is 15.9 Å². The highest BCUT2D eigenvalue weighted by Gasteiger charge is 2.18. The van der Waals surface area contributed by atoms with Crippen molar-refractivity contribution < 1.29 is 9.84 Å². The molecule has 0 saturated heterocycles. The summed E-state index contributed by atoms with van der Waals surface area (Å²) in [5.41, 5.74) is 1.13. The number of ether oxygens (including phenoxy) is 1. The van der Waals surface area contributed by atoms with Crippen LogP contribution in [0.4, 0.5) is 0 Å². The molecule has 2 nitrogen and oxygen atoms in total. The van der Waals surface area contributed by atoms with E-state index in [0.29, 0.717) is 0 Å². The van der Waals surface area contributed by atoms with Gasteiger partial charge in [-0.2, -0.15) is 0 Å². The van der Waals surface area contributed by atoms with Crippen LogP contribution in [0.1, 0.15) is 37.7 Å². The van der Waals surface area contributed by atoms with E-state index in [-0.39, 0.29) is 12.5 Å². The van der Waals surface area contributed by atoms with Gasteiger partial charge in [0.05, 0.1) is 11.1 Å². The third-order valence-corrected chi connectivity index (χ3v) is 4.12. The molecule has 0 aliphatic heterocycles. The molecule has 1 saturated carbocycles. The van der Waals surface area contributed by atoms with Gasteiger partial charge in [-0.1, -0.05) is 19.4 Å². The molecule has 0 amide bonds. The summed E-state index contributed by atoms with van der Waals surface area (Å²) in [5, 5.41) is 9.12. The van der Waals surface area contributed by atoms with Gasteiger partial charge in [0, 0.05) is 12.5 Å². The van der Waals surface area contributed by atoms with E-state index in [0.717, 1.165) is 28.3 Å². The van der Waals surface area contributed by atoms with Gasteiger partial charge in [0.25, 0.3) is 0 Å². The monoisotopic (exact) mass is 298 g/mol. The van der Waals surface area contributed by atoms with Crippen LogP contribution in [0.2, 0.25) is 0 Å². The summed E-state index contributed by atoms with van der Waals surface area (Å²) < 4.78 is 6.78. The van der Waals surface area contributed by atoms with Crippen LogP contribution in [0.15, 0.2) is 22.7 Å². The van der Waals surface area contributed by atoms with Gasteiger partial charge in [-0.3, -0.25) is 0 Å². The van der Waals surface area contributed by atoms with E-state index in [1.807, 2.05) is 25.1 Å². The average Bonchev–Trinajstić information content (AvgIpc) is 2.28. The van der Waals surface area contributed by atoms with Gasteiger partial charge in [0.2, 0.25) is 0 Å². The SMILES string of the molecule is CC(CO)c1ccc(OCC2CCC2)c(Br)c1. The van der Waals surface area contributed by atoms with E-state index >= 15 is 0 Å². The summed E-state index contributed by atoms with van der Waals surface area (Å²) >= 11 is 3.53. The molecule has 1 fully saturated rings. The van der Waals surface area contributed by atoms with Gasteiger partial charge in [-0.15, -0.1) is 0 Å². The topological polar surface area (TPSA) is 29.5 Å². The number of hydrogen-bond acceptors (Lipinski definition) is 2. The lowest BCUT2D eigenvalue weighted by atomic mass is 9.86. The normalized spacial score (nSPS) is 17.6. The molecule has 1 N–H and O–H groups in total. The Balaban J connectivity index is 1.97. The van der Waals surface area contributed by atoms with E-state index < -0.39 is 0 Å². The summed E-state index contributed by atoms with van der Waals surface area (Å²) in [6.45, 7) is 3.01. The first kappa shape index (κ1) is 12.9. The molecule has 2 rings (SSSR count). The zero-order valence-corrected chi connectivity index (χ0v) is 11.7. The van der Waals surface area contributed by atoms with Crippen molar-refractivity contribution in [3.05, 3.63) is 28.2 Å². The summed E-state index contributed by atoms with van der Waals surface area (Å²) in [6, 6.07) is 6.06. The number of aliphatic hydroxyl groups excluding tert-OH is 1. The summed E-state index contributed by atoms with van der Waals surface area (Å²) in [5.74, 6) is 1.83. The Morgan fingerprint density at radius 2 is 2.24 bits per heavy atom. The van der Waals surface area contributed by atoms with Crippen LogP contribution >= 0.6 is 15.9 Å². The lowest BCUT2D eigenvalue weighted by Crippen LogP contribution is -2.19. The van der Waals surface area contributed by atoms with E-state index in [2.05, 4.69) is 15.9 Å². The maximum atomic E-state index is 9.12. The maximum Gasteiger partial charge on any atom is 0.133 e. The van der Waals surface area contributed by atoms with Gasteiger partial charge >= 0.3 is 0 Å². The Bertz CT molecular complexity index is 374. The second kappa shape index (κ2) is 5.87. The van der Waals surface area contributed by atoms with Crippen LogP contribution in [0.3, 0.4) is 0 Å². The number of halogens is 1. The minimum atomic E-state index is 0.173. The van der Waals surface area contributed by atoms with E-state index in [9.17, 15) is 0 Å². The zero-order chi connectivity index (χ0) is 12.3. The molecule has 94 valence electrons. The fourth-order valence-corrected chi connectivity index (χ4v) is 2.42. The summed E-state index contributed by atoms with van der Waals surface area (Å²) in [4.78, 5) is 0. The van der Waals surface area contributed by atoms with Crippen LogP contribution in [-0.4, -0.2) is 18.3 Å². The summed E-state index contributed by atoms with van der Waals surface area (Å²) in [7, 11) is 0. The van der Waals surface area contributed by atoms with Gasteiger partial charge < -0.3 is 9.84 Å². The molecule has 0 heterocycles. The van der Waals surface area contributed by atoms with Crippen molar-refractivity contribution in [2.45, 2.75) is 32.1 Å². The van der Waals surface area contributed by atoms with E-state index in [1.54, 1.807) is 0 Å². The average molecular weight is 299 g/mol. The van der Waals surface area contributed by atoms with Crippen LogP contribution < -0.4 is 4.74 Å². The smallest absolute Gasteiger partial charge is 0.133 e. The lowest BCUT2D eigenvalue weighted by molar-refractivity contribution is 0.180. The molecule has 3 heteroatoms. The predicted molar refractivity (Wildman–Crippen MR) is 72.5 cm³/mol. The van der Waals surface area contributed by atoms with E-state index in [4.69, 9.17) is 9.84 Å². The number of rotatable bonds is 5. The highest BCUT2D eigenvalue weighted by Crippen LogP contribution is 2.31. The Hall–Kier alpha value is -0.540. The first-order valence-electron chi connectivity index (χ1n) is 6.24. The predicted octanol–water partition coefficient (Wildman–Crippen LogP) is 3.72. The third kappa shape index (κ3) is 3.23. The van der Waals surface area contributed by atoms with Crippen LogP contribution in [0.5, 0.6) is 5.75 Å². The Labute approximate surface area is 111 Å². The van der Waals surface area contributed by atoms with Crippen LogP contribution in [-0.2, 0) is 0 Å². The highest BCUT2D eigenvalue weighted by atomic mass is 79.9. The second-order valence-corrected chi connectivity index (χ2v) is 5.74. The lowest BCUT2D eigenvalue weighted by Gasteiger charge is -2.25. The zero-order valence-electron chi connectivity index (χ0n) is 10.2. The van der Waals surface area contributed by atoms with Crippen molar-refractivity contribution in [2.24, 2.45) is 5.92 Å². The molecule has 0 spiro atoms. The minimum Gasteiger partial charge on any atom is -0.492 e. The van der Waals surface area contributed by atoms with E-state index in [1.165, 1.54) is 19.3 Å². The maximum absolute atomic E-state index is 9.12. The second-order valence-electron chi connectivity index (χ2n) is 4.88. The molecular weight excluding hydrogens is 280 g/mol. The van der Waals surface area contributed by atoms with Crippen molar-refractivity contribution in [1.82, 2.24) is 0 Å². The molecule has 1 aliphatic rings. The highest BCUT2D eigenvalue weighted by molar-refractivity contribution is 9.10. The number of benzene rings is 1. The van der Waals surface area contributed by atoms with Crippen LogP contribution in [0, 0.1) is 5.92 Å². The number of hydrogen-bond donors (Lipinski definition) is 1. The summed E-state index contributed by atoms with van der Waals surface area (Å²) in [6.07, 6.45) is 3.96. The first-order valence-corrected chi connectivity index (χ1v) is 7.03. The number of aliphatic hydroxyl groups is 1. The van der Waals surface area contributed by atoms with Crippen molar-refractivity contribution in [3.63, 3.8) is 0 Å². The fourth-order valence-electron chi connectivity index (χ4n) is 1.91. The standard InChI is InChI=1S/C14H19BrO2/c1-10(8-16)12-5-6-14(13(15)7-12)17-9-11-3-2-4-11/h5-7,10-11,16H,2-4,8-9H2,1H3. The molecule has 17 heavy (non-hydrogen) atoms. The Morgan fingerprint density at radius 3 is 2.76 bits per heavy atom. The van der Waals surface area contributed by atoms with Crippen molar-refractivity contribution in [3.8, 4) is 5.75 Å². The van der Waals surface area contributed by atoms with Gasteiger partial charge in [0.15, 0.2) is 0 Å². The fraction of sp³-hybridized carbons (Fsp3) is 0.571. The Morgan fingerprint density at radius 1 is 1.47 bits per heavy atom. The van der Waals surface area contributed by atoms with Crippen molar-refractivity contribution in [1.29, 1.82) is 0 Å². The molecule has 1 aromatic rings. The molecule has 1 aromatic carbocycles. The third-order valence-electron chi connectivity index (χ3n) is 3.50. The molecule has 1 unspecified atom stereocenters. The van der Waals surface area contributed by atoms with Gasteiger partial charge in [-0.25, -0.2) is 0 Å². The molecule has 1 atom stereocenters. The molecule has 0 aromatic heterocycles.